The number of rotatable bonds is 6. The minimum absolute atomic E-state index is 0.101. The maximum Gasteiger partial charge on any atom is 0.303 e. The first-order valence-corrected chi connectivity index (χ1v) is 11.6. The van der Waals surface area contributed by atoms with Crippen molar-refractivity contribution in [1.29, 1.82) is 0 Å². The highest BCUT2D eigenvalue weighted by molar-refractivity contribution is 6.14. The number of hydrogen-bond acceptors (Lipinski definition) is 4. The van der Waals surface area contributed by atoms with Gasteiger partial charge in [0.25, 0.3) is 0 Å². The van der Waals surface area contributed by atoms with Gasteiger partial charge in [-0.2, -0.15) is 5.10 Å². The van der Waals surface area contributed by atoms with E-state index in [1.807, 2.05) is 73.7 Å². The van der Waals surface area contributed by atoms with Crippen LogP contribution in [-0.2, 0) is 9.59 Å². The maximum absolute atomic E-state index is 13.1. The average Bonchev–Trinajstić information content (AvgIpc) is 3.32. The van der Waals surface area contributed by atoms with Gasteiger partial charge in [0, 0.05) is 35.0 Å². The van der Waals surface area contributed by atoms with Crippen molar-refractivity contribution in [2.24, 2.45) is 5.10 Å². The van der Waals surface area contributed by atoms with Crippen molar-refractivity contribution in [2.75, 3.05) is 0 Å². The van der Waals surface area contributed by atoms with Crippen molar-refractivity contribution in [3.05, 3.63) is 102 Å². The van der Waals surface area contributed by atoms with E-state index in [0.29, 0.717) is 6.42 Å². The number of carbonyl (C=O) groups excluding carboxylic acids is 1. The molecule has 1 N–H and O–H groups in total. The number of benzene rings is 3. The Morgan fingerprint density at radius 1 is 0.886 bits per heavy atom. The van der Waals surface area contributed by atoms with Gasteiger partial charge in [-0.15, -0.1) is 0 Å². The zero-order valence-electron chi connectivity index (χ0n) is 19.4. The molecule has 2 heterocycles. The van der Waals surface area contributed by atoms with E-state index in [4.69, 9.17) is 15.2 Å². The molecule has 0 spiro atoms. The lowest BCUT2D eigenvalue weighted by Crippen LogP contribution is -2.27. The van der Waals surface area contributed by atoms with E-state index in [9.17, 15) is 9.59 Å². The van der Waals surface area contributed by atoms with Gasteiger partial charge in [0.1, 0.15) is 0 Å². The van der Waals surface area contributed by atoms with Gasteiger partial charge in [0.05, 0.1) is 23.7 Å². The molecule has 0 saturated carbocycles. The Morgan fingerprint density at radius 2 is 1.54 bits per heavy atom. The smallest absolute Gasteiger partial charge is 0.303 e. The number of carboxylic acids is 1. The van der Waals surface area contributed by atoms with Crippen LogP contribution in [0, 0.1) is 6.92 Å². The Labute approximate surface area is 203 Å². The first-order chi connectivity index (χ1) is 17.0. The quantitative estimate of drug-likeness (QED) is 0.395. The molecule has 0 bridgehead atoms. The Hall–Kier alpha value is -4.32. The molecule has 1 amide bonds. The minimum Gasteiger partial charge on any atom is -0.481 e. The molecule has 6 heteroatoms. The van der Waals surface area contributed by atoms with Gasteiger partial charge >= 0.3 is 5.97 Å². The van der Waals surface area contributed by atoms with E-state index < -0.39 is 5.97 Å². The fraction of sp³-hybridized carbons (Fsp3) is 0.172. The SMILES string of the molecule is Cc1nc2ccccc2c(-c2ccccc2)c1C1=NN(C(=O)CCC(=O)O)[C@@H](c2ccccc2)C1. The summed E-state index contributed by atoms with van der Waals surface area (Å²) < 4.78 is 0. The summed E-state index contributed by atoms with van der Waals surface area (Å²) in [7, 11) is 0. The molecule has 5 rings (SSSR count). The summed E-state index contributed by atoms with van der Waals surface area (Å²) in [6.45, 7) is 1.98. The van der Waals surface area contributed by atoms with Crippen LogP contribution in [0.4, 0.5) is 0 Å². The number of carbonyl (C=O) groups is 2. The number of fused-ring (bicyclic) bond motifs is 1. The molecule has 0 radical (unpaired) electrons. The molecule has 35 heavy (non-hydrogen) atoms. The second kappa shape index (κ2) is 9.50. The highest BCUT2D eigenvalue weighted by Crippen LogP contribution is 2.39. The normalized spacial score (nSPS) is 15.3. The molecule has 0 fully saturated rings. The monoisotopic (exact) mass is 463 g/mol. The summed E-state index contributed by atoms with van der Waals surface area (Å²) in [5.41, 5.74) is 6.50. The van der Waals surface area contributed by atoms with Gasteiger partial charge in [-0.25, -0.2) is 5.01 Å². The first-order valence-electron chi connectivity index (χ1n) is 11.6. The molecule has 1 atom stereocenters. The molecule has 0 unspecified atom stereocenters. The van der Waals surface area contributed by atoms with E-state index in [1.54, 1.807) is 0 Å². The van der Waals surface area contributed by atoms with Crippen molar-refractivity contribution < 1.29 is 14.7 Å². The summed E-state index contributed by atoms with van der Waals surface area (Å²) >= 11 is 0. The molecule has 0 saturated heterocycles. The van der Waals surface area contributed by atoms with Gasteiger partial charge in [-0.3, -0.25) is 14.6 Å². The summed E-state index contributed by atoms with van der Waals surface area (Å²) in [6.07, 6.45) is 0.187. The molecule has 0 aliphatic carbocycles. The van der Waals surface area contributed by atoms with Crippen LogP contribution in [0.3, 0.4) is 0 Å². The molecule has 3 aromatic carbocycles. The van der Waals surface area contributed by atoms with Gasteiger partial charge in [-0.1, -0.05) is 78.9 Å². The van der Waals surface area contributed by atoms with E-state index in [2.05, 4.69) is 18.2 Å². The Balaban J connectivity index is 1.67. The van der Waals surface area contributed by atoms with Crippen molar-refractivity contribution >= 4 is 28.5 Å². The predicted octanol–water partition coefficient (Wildman–Crippen LogP) is 5.75. The second-order valence-corrected chi connectivity index (χ2v) is 8.64. The molecule has 4 aromatic rings. The maximum atomic E-state index is 13.1. The highest BCUT2D eigenvalue weighted by atomic mass is 16.4. The van der Waals surface area contributed by atoms with Crippen LogP contribution in [0.1, 0.15) is 42.1 Å². The summed E-state index contributed by atoms with van der Waals surface area (Å²) in [5.74, 6) is -1.30. The molecular weight excluding hydrogens is 438 g/mol. The fourth-order valence-electron chi connectivity index (χ4n) is 4.75. The van der Waals surface area contributed by atoms with Crippen molar-refractivity contribution in [2.45, 2.75) is 32.2 Å². The third kappa shape index (κ3) is 4.43. The molecular formula is C29H25N3O3. The van der Waals surface area contributed by atoms with Crippen LogP contribution in [0.25, 0.3) is 22.0 Å². The predicted molar refractivity (Wildman–Crippen MR) is 136 cm³/mol. The van der Waals surface area contributed by atoms with Crippen LogP contribution in [0.2, 0.25) is 0 Å². The van der Waals surface area contributed by atoms with Crippen LogP contribution >= 0.6 is 0 Å². The Kier molecular flexibility index (Phi) is 6.10. The van der Waals surface area contributed by atoms with Crippen molar-refractivity contribution in [3.63, 3.8) is 0 Å². The number of amides is 1. The third-order valence-corrected chi connectivity index (χ3v) is 6.33. The highest BCUT2D eigenvalue weighted by Gasteiger charge is 2.35. The second-order valence-electron chi connectivity index (χ2n) is 8.64. The van der Waals surface area contributed by atoms with Crippen LogP contribution in [0.5, 0.6) is 0 Å². The summed E-state index contributed by atoms with van der Waals surface area (Å²) in [4.78, 5) is 29.1. The van der Waals surface area contributed by atoms with Gasteiger partial charge in [-0.05, 0) is 24.1 Å². The minimum atomic E-state index is -1.00. The number of nitrogens with zero attached hydrogens (tertiary/aromatic N) is 3. The molecule has 1 aliphatic rings. The molecule has 6 nitrogen and oxygen atoms in total. The lowest BCUT2D eigenvalue weighted by Gasteiger charge is -2.21. The lowest BCUT2D eigenvalue weighted by molar-refractivity contribution is -0.141. The van der Waals surface area contributed by atoms with Gasteiger partial charge in [0.2, 0.25) is 5.91 Å². The standard InChI is InChI=1S/C29H25N3O3/c1-19-28(29(21-12-6-3-7-13-21)22-14-8-9-15-23(22)30-19)24-18-25(20-10-4-2-5-11-20)32(31-24)26(33)16-17-27(34)35/h2-15,25H,16-18H2,1H3,(H,34,35)/t25-/m1/s1. The number of aryl methyl sites for hydroxylation is 1. The van der Waals surface area contributed by atoms with Gasteiger partial charge in [0.15, 0.2) is 0 Å². The Bertz CT molecular complexity index is 1430. The topological polar surface area (TPSA) is 82.9 Å². The first kappa shape index (κ1) is 22.5. The fourth-order valence-corrected chi connectivity index (χ4v) is 4.75. The average molecular weight is 464 g/mol. The van der Waals surface area contributed by atoms with E-state index in [0.717, 1.165) is 44.6 Å². The van der Waals surface area contributed by atoms with Crippen LogP contribution < -0.4 is 0 Å². The number of pyridine rings is 1. The molecule has 1 aliphatic heterocycles. The lowest BCUT2D eigenvalue weighted by atomic mass is 9.89. The summed E-state index contributed by atoms with van der Waals surface area (Å²) in [5, 5.41) is 16.4. The van der Waals surface area contributed by atoms with Crippen molar-refractivity contribution in [3.8, 4) is 11.1 Å². The van der Waals surface area contributed by atoms with Crippen LogP contribution in [-0.4, -0.2) is 32.7 Å². The molecule has 174 valence electrons. The zero-order valence-corrected chi connectivity index (χ0v) is 19.4. The van der Waals surface area contributed by atoms with Crippen LogP contribution in [0.15, 0.2) is 90.0 Å². The number of hydrogen-bond donors (Lipinski definition) is 1. The number of aliphatic carboxylic acids is 1. The number of aromatic nitrogens is 1. The van der Waals surface area contributed by atoms with E-state index in [-0.39, 0.29) is 24.8 Å². The number of hydrazone groups is 1. The Morgan fingerprint density at radius 3 is 2.26 bits per heavy atom. The van der Waals surface area contributed by atoms with Gasteiger partial charge < -0.3 is 5.11 Å². The number of para-hydroxylation sites is 1. The summed E-state index contributed by atoms with van der Waals surface area (Å²) in [6, 6.07) is 27.6. The number of carboxylic acid groups (broad SMARTS) is 1. The largest absolute Gasteiger partial charge is 0.481 e. The van der Waals surface area contributed by atoms with Crippen molar-refractivity contribution in [1.82, 2.24) is 9.99 Å². The molecule has 1 aromatic heterocycles. The van der Waals surface area contributed by atoms with E-state index in [1.165, 1.54) is 5.01 Å². The van der Waals surface area contributed by atoms with E-state index >= 15 is 0 Å². The zero-order chi connectivity index (χ0) is 24.4. The third-order valence-electron chi connectivity index (χ3n) is 6.33.